The molecule has 0 bridgehead atoms. The van der Waals surface area contributed by atoms with Gasteiger partial charge in [-0.25, -0.2) is 5.06 Å². The lowest BCUT2D eigenvalue weighted by Gasteiger charge is -2.13. The fourth-order valence-corrected chi connectivity index (χ4v) is 1.02. The number of nitrogens with zero attached hydrogens (tertiary/aromatic N) is 1. The molecule has 0 atom stereocenters. The molecular weight excluding hydrogens is 180 g/mol. The third-order valence-electron chi connectivity index (χ3n) is 1.96. The van der Waals surface area contributed by atoms with Crippen molar-refractivity contribution in [1.82, 2.24) is 5.06 Å². The Balaban J connectivity index is 2.60. The number of hydrogen-bond donors (Lipinski definition) is 1. The number of nitrogens with two attached hydrogens (primary N) is 1. The number of amides is 1. The first kappa shape index (κ1) is 10.5. The molecule has 0 spiro atoms. The number of hydrogen-bond acceptors (Lipinski definition) is 3. The van der Waals surface area contributed by atoms with Crippen LogP contribution in [0.2, 0.25) is 0 Å². The maximum Gasteiger partial charge on any atom is 0.250 e. The Kier molecular flexibility index (Phi) is 3.48. The number of carbonyl (C=O) groups excluding carboxylic acids is 1. The van der Waals surface area contributed by atoms with Gasteiger partial charge in [-0.3, -0.25) is 9.63 Å². The molecule has 76 valence electrons. The van der Waals surface area contributed by atoms with Crippen molar-refractivity contribution in [3.8, 4) is 0 Å². The fourth-order valence-electron chi connectivity index (χ4n) is 1.02. The number of carbonyl (C=O) groups is 1. The Morgan fingerprint density at radius 1 is 1.43 bits per heavy atom. The Labute approximate surface area is 83.2 Å². The van der Waals surface area contributed by atoms with Gasteiger partial charge in [-0.05, 0) is 17.7 Å². The van der Waals surface area contributed by atoms with E-state index in [9.17, 15) is 4.79 Å². The molecule has 0 aliphatic carbocycles. The molecule has 4 heteroatoms. The van der Waals surface area contributed by atoms with Gasteiger partial charge in [-0.2, -0.15) is 0 Å². The zero-order valence-electron chi connectivity index (χ0n) is 8.36. The van der Waals surface area contributed by atoms with Gasteiger partial charge in [0, 0.05) is 12.7 Å². The second-order valence-corrected chi connectivity index (χ2v) is 2.99. The van der Waals surface area contributed by atoms with E-state index in [1.807, 2.05) is 12.1 Å². The van der Waals surface area contributed by atoms with Gasteiger partial charge < -0.3 is 5.73 Å². The predicted octanol–water partition coefficient (Wildman–Crippen LogP) is 0.831. The lowest BCUT2D eigenvalue weighted by atomic mass is 10.1. The highest BCUT2D eigenvalue weighted by Crippen LogP contribution is 2.07. The van der Waals surface area contributed by atoms with E-state index in [2.05, 4.69) is 0 Å². The van der Waals surface area contributed by atoms with Crippen molar-refractivity contribution in [2.75, 3.05) is 19.9 Å². The number of likely N-dealkylation sites (N-methyl/N-ethyl adjacent to an activating group) is 1. The van der Waals surface area contributed by atoms with Crippen LogP contribution in [-0.4, -0.2) is 25.1 Å². The highest BCUT2D eigenvalue weighted by Gasteiger charge is 2.08. The number of hydroxylamine groups is 2. The summed E-state index contributed by atoms with van der Waals surface area (Å²) < 4.78 is 0. The topological polar surface area (TPSA) is 55.6 Å². The van der Waals surface area contributed by atoms with Gasteiger partial charge in [0.2, 0.25) is 5.91 Å². The van der Waals surface area contributed by atoms with Crippen LogP contribution in [0.5, 0.6) is 0 Å². The smallest absolute Gasteiger partial charge is 0.250 e. The number of anilines is 1. The molecule has 0 heterocycles. The summed E-state index contributed by atoms with van der Waals surface area (Å²) in [6.45, 7) is 0. The normalized spacial score (nSPS) is 9.86. The van der Waals surface area contributed by atoms with Gasteiger partial charge in [0.25, 0.3) is 0 Å². The minimum atomic E-state index is -0.0859. The number of nitrogen functional groups attached to an aromatic ring is 1. The van der Waals surface area contributed by atoms with Crippen molar-refractivity contribution >= 4 is 11.6 Å². The van der Waals surface area contributed by atoms with Crippen molar-refractivity contribution in [2.24, 2.45) is 0 Å². The van der Waals surface area contributed by atoms with Gasteiger partial charge in [0.15, 0.2) is 0 Å². The van der Waals surface area contributed by atoms with Crippen molar-refractivity contribution in [3.63, 3.8) is 0 Å². The molecule has 1 amide bonds. The van der Waals surface area contributed by atoms with Crippen LogP contribution >= 0.6 is 0 Å². The second-order valence-electron chi connectivity index (χ2n) is 2.99. The standard InChI is InChI=1S/C10H14N2O2/c1-12(14-2)10(13)7-8-3-5-9(11)6-4-8/h3-6H,7,11H2,1-2H3. The maximum atomic E-state index is 11.4. The zero-order valence-corrected chi connectivity index (χ0v) is 8.36. The molecule has 0 aliphatic rings. The highest BCUT2D eigenvalue weighted by molar-refractivity contribution is 5.77. The van der Waals surface area contributed by atoms with Crippen LogP contribution in [0.4, 0.5) is 5.69 Å². The minimum absolute atomic E-state index is 0.0859. The van der Waals surface area contributed by atoms with Crippen LogP contribution in [-0.2, 0) is 16.1 Å². The van der Waals surface area contributed by atoms with Crippen LogP contribution in [0.25, 0.3) is 0 Å². The van der Waals surface area contributed by atoms with Crippen LogP contribution in [0.1, 0.15) is 5.56 Å². The monoisotopic (exact) mass is 194 g/mol. The summed E-state index contributed by atoms with van der Waals surface area (Å²) in [4.78, 5) is 16.2. The molecule has 0 aromatic heterocycles. The number of benzene rings is 1. The van der Waals surface area contributed by atoms with E-state index in [0.717, 1.165) is 5.56 Å². The van der Waals surface area contributed by atoms with E-state index in [1.165, 1.54) is 12.2 Å². The molecule has 0 fully saturated rings. The molecule has 0 aliphatic heterocycles. The second kappa shape index (κ2) is 4.62. The van der Waals surface area contributed by atoms with Crippen molar-refractivity contribution < 1.29 is 9.63 Å². The molecule has 0 saturated heterocycles. The Morgan fingerprint density at radius 3 is 2.50 bits per heavy atom. The molecule has 14 heavy (non-hydrogen) atoms. The summed E-state index contributed by atoms with van der Waals surface area (Å²) >= 11 is 0. The maximum absolute atomic E-state index is 11.4. The molecule has 1 rings (SSSR count). The fraction of sp³-hybridized carbons (Fsp3) is 0.300. The van der Waals surface area contributed by atoms with E-state index in [-0.39, 0.29) is 5.91 Å². The predicted molar refractivity (Wildman–Crippen MR) is 54.3 cm³/mol. The van der Waals surface area contributed by atoms with E-state index >= 15 is 0 Å². The Hall–Kier alpha value is -1.55. The van der Waals surface area contributed by atoms with Crippen molar-refractivity contribution in [2.45, 2.75) is 6.42 Å². The van der Waals surface area contributed by atoms with E-state index in [1.54, 1.807) is 19.2 Å². The minimum Gasteiger partial charge on any atom is -0.399 e. The summed E-state index contributed by atoms with van der Waals surface area (Å²) in [5.41, 5.74) is 7.14. The third kappa shape index (κ3) is 2.74. The van der Waals surface area contributed by atoms with Crippen molar-refractivity contribution in [3.05, 3.63) is 29.8 Å². The van der Waals surface area contributed by atoms with Crippen LogP contribution in [0, 0.1) is 0 Å². The highest BCUT2D eigenvalue weighted by atomic mass is 16.7. The lowest BCUT2D eigenvalue weighted by Crippen LogP contribution is -2.26. The van der Waals surface area contributed by atoms with Crippen LogP contribution in [0.3, 0.4) is 0 Å². The summed E-state index contributed by atoms with van der Waals surface area (Å²) in [6, 6.07) is 7.21. The summed E-state index contributed by atoms with van der Waals surface area (Å²) in [5.74, 6) is -0.0859. The number of rotatable bonds is 3. The first-order chi connectivity index (χ1) is 6.63. The van der Waals surface area contributed by atoms with Gasteiger partial charge in [0.1, 0.15) is 0 Å². The summed E-state index contributed by atoms with van der Waals surface area (Å²) in [5, 5.41) is 1.20. The average molecular weight is 194 g/mol. The van der Waals surface area contributed by atoms with Gasteiger partial charge >= 0.3 is 0 Å². The van der Waals surface area contributed by atoms with E-state index in [0.29, 0.717) is 12.1 Å². The van der Waals surface area contributed by atoms with E-state index < -0.39 is 0 Å². The molecule has 4 nitrogen and oxygen atoms in total. The van der Waals surface area contributed by atoms with Gasteiger partial charge in [-0.15, -0.1) is 0 Å². The summed E-state index contributed by atoms with van der Waals surface area (Å²) in [7, 11) is 3.04. The first-order valence-corrected chi connectivity index (χ1v) is 4.28. The summed E-state index contributed by atoms with van der Waals surface area (Å²) in [6.07, 6.45) is 0.324. The largest absolute Gasteiger partial charge is 0.399 e. The molecule has 0 radical (unpaired) electrons. The Bertz CT molecular complexity index is 308. The first-order valence-electron chi connectivity index (χ1n) is 4.28. The third-order valence-corrected chi connectivity index (χ3v) is 1.96. The molecule has 1 aromatic rings. The quantitative estimate of drug-likeness (QED) is 0.572. The van der Waals surface area contributed by atoms with E-state index in [4.69, 9.17) is 10.6 Å². The van der Waals surface area contributed by atoms with Gasteiger partial charge in [0.05, 0.1) is 13.5 Å². The molecule has 2 N–H and O–H groups in total. The zero-order chi connectivity index (χ0) is 10.6. The van der Waals surface area contributed by atoms with Crippen LogP contribution in [0.15, 0.2) is 24.3 Å². The molecule has 0 saturated carbocycles. The van der Waals surface area contributed by atoms with Gasteiger partial charge in [-0.1, -0.05) is 12.1 Å². The van der Waals surface area contributed by atoms with Crippen molar-refractivity contribution in [1.29, 1.82) is 0 Å². The molecular formula is C10H14N2O2. The Morgan fingerprint density at radius 2 is 2.00 bits per heavy atom. The molecule has 1 aromatic carbocycles. The average Bonchev–Trinajstić information content (AvgIpc) is 2.20. The van der Waals surface area contributed by atoms with Crippen LogP contribution < -0.4 is 5.73 Å². The SMILES string of the molecule is CON(C)C(=O)Cc1ccc(N)cc1. The lowest BCUT2D eigenvalue weighted by molar-refractivity contribution is -0.167. The molecule has 0 unspecified atom stereocenters.